The van der Waals surface area contributed by atoms with Crippen LogP contribution in [0.2, 0.25) is 0 Å². The standard InChI is InChI=1S/C22H27N5O2.C2HF3O2/c23-22(29)24-13-16-9-11-26(14-16)15-21(28)25-18-5-7-19(8-6-18)27-12-10-17-3-1-2-4-20(17)27;3-2(4,5)1(6)7/h1-8,16H,9-15H2,(H,25,28)(H3,23,24,29);(H,6,7). The van der Waals surface area contributed by atoms with Gasteiger partial charge < -0.3 is 26.4 Å². The lowest BCUT2D eigenvalue weighted by Crippen LogP contribution is -2.36. The molecule has 12 heteroatoms. The van der Waals surface area contributed by atoms with Gasteiger partial charge in [0, 0.05) is 36.7 Å². The van der Waals surface area contributed by atoms with Crippen LogP contribution in [0.15, 0.2) is 48.5 Å². The molecule has 1 saturated heterocycles. The average molecular weight is 508 g/mol. The number of aliphatic carboxylic acids is 1. The Balaban J connectivity index is 0.000000454. The summed E-state index contributed by atoms with van der Waals surface area (Å²) in [6.45, 7) is 3.54. The van der Waals surface area contributed by atoms with Gasteiger partial charge in [-0.15, -0.1) is 0 Å². The molecule has 0 aromatic heterocycles. The van der Waals surface area contributed by atoms with Gasteiger partial charge in [0.05, 0.1) is 6.54 Å². The number of carbonyl (C=O) groups excluding carboxylic acids is 2. The fourth-order valence-corrected chi connectivity index (χ4v) is 4.20. The Morgan fingerprint density at radius 1 is 1.06 bits per heavy atom. The first-order chi connectivity index (χ1) is 17.0. The number of carboxylic acid groups (broad SMARTS) is 1. The Kier molecular flexibility index (Phi) is 8.75. The van der Waals surface area contributed by atoms with Crippen LogP contribution in [-0.2, 0) is 16.0 Å². The van der Waals surface area contributed by atoms with Crippen molar-refractivity contribution in [1.82, 2.24) is 10.2 Å². The lowest BCUT2D eigenvalue weighted by Gasteiger charge is -2.20. The van der Waals surface area contributed by atoms with Crippen molar-refractivity contribution < 1.29 is 32.7 Å². The number of fused-ring (bicyclic) bond motifs is 1. The highest BCUT2D eigenvalue weighted by Gasteiger charge is 2.38. The summed E-state index contributed by atoms with van der Waals surface area (Å²) in [5.41, 5.74) is 9.69. The molecule has 1 unspecified atom stereocenters. The second kappa shape index (κ2) is 11.8. The van der Waals surface area contributed by atoms with Gasteiger partial charge in [0.25, 0.3) is 0 Å². The Morgan fingerprint density at radius 2 is 1.72 bits per heavy atom. The first-order valence-corrected chi connectivity index (χ1v) is 11.3. The van der Waals surface area contributed by atoms with Crippen molar-refractivity contribution in [2.75, 3.05) is 42.9 Å². The van der Waals surface area contributed by atoms with E-state index in [9.17, 15) is 22.8 Å². The highest BCUT2D eigenvalue weighted by atomic mass is 19.4. The molecule has 1 fully saturated rings. The zero-order valence-corrected chi connectivity index (χ0v) is 19.4. The summed E-state index contributed by atoms with van der Waals surface area (Å²) in [5.74, 6) is -2.43. The molecule has 2 heterocycles. The minimum atomic E-state index is -5.08. The van der Waals surface area contributed by atoms with E-state index in [-0.39, 0.29) is 5.91 Å². The van der Waals surface area contributed by atoms with Crippen molar-refractivity contribution in [3.63, 3.8) is 0 Å². The molecule has 2 aliphatic rings. The number of benzene rings is 2. The van der Waals surface area contributed by atoms with E-state index in [2.05, 4.69) is 56.8 Å². The number of hydrogen-bond acceptors (Lipinski definition) is 5. The monoisotopic (exact) mass is 507 g/mol. The molecule has 36 heavy (non-hydrogen) atoms. The number of nitrogens with zero attached hydrogens (tertiary/aromatic N) is 2. The van der Waals surface area contributed by atoms with Crippen LogP contribution in [0.5, 0.6) is 0 Å². The number of rotatable bonds is 6. The van der Waals surface area contributed by atoms with Crippen molar-refractivity contribution in [1.29, 1.82) is 0 Å². The Bertz CT molecular complexity index is 1080. The number of halogens is 3. The minimum absolute atomic E-state index is 0.0206. The van der Waals surface area contributed by atoms with Crippen molar-refractivity contribution >= 4 is 35.0 Å². The summed E-state index contributed by atoms with van der Waals surface area (Å²) in [4.78, 5) is 36.5. The summed E-state index contributed by atoms with van der Waals surface area (Å²) in [7, 11) is 0. The molecule has 2 aliphatic heterocycles. The summed E-state index contributed by atoms with van der Waals surface area (Å²) < 4.78 is 31.7. The van der Waals surface area contributed by atoms with Gasteiger partial charge in [0.15, 0.2) is 0 Å². The molecule has 194 valence electrons. The van der Waals surface area contributed by atoms with Crippen molar-refractivity contribution in [3.05, 3.63) is 54.1 Å². The van der Waals surface area contributed by atoms with Crippen LogP contribution in [0.3, 0.4) is 0 Å². The van der Waals surface area contributed by atoms with Crippen molar-refractivity contribution in [2.45, 2.75) is 19.0 Å². The molecule has 1 atom stereocenters. The molecular formula is C24H28F3N5O4. The van der Waals surface area contributed by atoms with Gasteiger partial charge in [-0.1, -0.05) is 18.2 Å². The van der Waals surface area contributed by atoms with E-state index in [1.165, 1.54) is 11.3 Å². The number of hydrogen-bond donors (Lipinski definition) is 4. The predicted molar refractivity (Wildman–Crippen MR) is 128 cm³/mol. The predicted octanol–water partition coefficient (Wildman–Crippen LogP) is 2.94. The average Bonchev–Trinajstić information content (AvgIpc) is 3.45. The second-order valence-corrected chi connectivity index (χ2v) is 8.56. The molecule has 9 nitrogen and oxygen atoms in total. The SMILES string of the molecule is NC(=O)NCC1CCN(CC(=O)Nc2ccc(N3CCc4ccccc43)cc2)C1.O=C(O)C(F)(F)F. The van der Waals surface area contributed by atoms with Crippen molar-refractivity contribution in [3.8, 4) is 0 Å². The topological polar surface area (TPSA) is 128 Å². The minimum Gasteiger partial charge on any atom is -0.475 e. The van der Waals surface area contributed by atoms with Gasteiger partial charge >= 0.3 is 18.2 Å². The molecule has 0 spiro atoms. The molecule has 0 saturated carbocycles. The van der Waals surface area contributed by atoms with Crippen LogP contribution in [0.25, 0.3) is 0 Å². The van der Waals surface area contributed by atoms with Crippen LogP contribution >= 0.6 is 0 Å². The largest absolute Gasteiger partial charge is 0.490 e. The van der Waals surface area contributed by atoms with Gasteiger partial charge in [-0.25, -0.2) is 9.59 Å². The lowest BCUT2D eigenvalue weighted by atomic mass is 10.1. The molecule has 2 aromatic carbocycles. The van der Waals surface area contributed by atoms with Crippen LogP contribution in [0.1, 0.15) is 12.0 Å². The number of primary amides is 1. The quantitative estimate of drug-likeness (QED) is 0.476. The first kappa shape index (κ1) is 26.8. The second-order valence-electron chi connectivity index (χ2n) is 8.56. The molecule has 0 bridgehead atoms. The summed E-state index contributed by atoms with van der Waals surface area (Å²) in [6, 6.07) is 16.0. The normalized spacial score (nSPS) is 17.1. The third-order valence-electron chi connectivity index (χ3n) is 5.89. The molecule has 5 N–H and O–H groups in total. The number of carbonyl (C=O) groups is 3. The molecule has 3 amide bonds. The highest BCUT2D eigenvalue weighted by Crippen LogP contribution is 2.34. The molecular weight excluding hydrogens is 479 g/mol. The van der Waals surface area contributed by atoms with Gasteiger partial charge in [-0.2, -0.15) is 13.2 Å². The maximum Gasteiger partial charge on any atom is 0.490 e. The maximum atomic E-state index is 12.4. The number of nitrogens with two attached hydrogens (primary N) is 1. The van der Waals surface area contributed by atoms with E-state index in [1.807, 2.05) is 12.1 Å². The third-order valence-corrected chi connectivity index (χ3v) is 5.89. The Hall–Kier alpha value is -3.80. The number of nitrogens with one attached hydrogen (secondary N) is 2. The van der Waals surface area contributed by atoms with E-state index < -0.39 is 18.2 Å². The third kappa shape index (κ3) is 7.60. The van der Waals surface area contributed by atoms with Gasteiger partial charge in [-0.05, 0) is 61.2 Å². The van der Waals surface area contributed by atoms with Gasteiger partial charge in [0.1, 0.15) is 0 Å². The van der Waals surface area contributed by atoms with E-state index in [1.54, 1.807) is 0 Å². The number of para-hydroxylation sites is 1. The van der Waals surface area contributed by atoms with Crippen LogP contribution in [-0.4, -0.2) is 66.8 Å². The smallest absolute Gasteiger partial charge is 0.475 e. The molecule has 0 radical (unpaired) electrons. The number of carboxylic acids is 1. The van der Waals surface area contributed by atoms with E-state index in [0.717, 1.165) is 43.9 Å². The van der Waals surface area contributed by atoms with E-state index >= 15 is 0 Å². The number of likely N-dealkylation sites (tertiary alicyclic amines) is 1. The molecule has 4 rings (SSSR count). The fourth-order valence-electron chi connectivity index (χ4n) is 4.20. The van der Waals surface area contributed by atoms with Gasteiger partial charge in [-0.3, -0.25) is 9.69 Å². The maximum absolute atomic E-state index is 12.4. The van der Waals surface area contributed by atoms with Crippen LogP contribution in [0.4, 0.5) is 35.0 Å². The summed E-state index contributed by atoms with van der Waals surface area (Å²) in [5, 5.41) is 12.8. The van der Waals surface area contributed by atoms with Gasteiger partial charge in [0.2, 0.25) is 5.91 Å². The zero-order valence-electron chi connectivity index (χ0n) is 19.4. The van der Waals surface area contributed by atoms with E-state index in [0.29, 0.717) is 19.0 Å². The number of anilines is 3. The number of amides is 3. The van der Waals surface area contributed by atoms with E-state index in [4.69, 9.17) is 15.6 Å². The Morgan fingerprint density at radius 3 is 2.36 bits per heavy atom. The zero-order chi connectivity index (χ0) is 26.3. The molecule has 0 aliphatic carbocycles. The number of urea groups is 1. The lowest BCUT2D eigenvalue weighted by molar-refractivity contribution is -0.192. The Labute approximate surface area is 206 Å². The highest BCUT2D eigenvalue weighted by molar-refractivity contribution is 5.92. The first-order valence-electron chi connectivity index (χ1n) is 11.3. The van der Waals surface area contributed by atoms with Crippen LogP contribution in [0, 0.1) is 5.92 Å². The van der Waals surface area contributed by atoms with Crippen molar-refractivity contribution in [2.24, 2.45) is 11.7 Å². The fraction of sp³-hybridized carbons (Fsp3) is 0.375. The molecule has 2 aromatic rings. The van der Waals surface area contributed by atoms with Crippen LogP contribution < -0.4 is 21.3 Å². The summed E-state index contributed by atoms with van der Waals surface area (Å²) in [6.07, 6.45) is -3.07. The number of alkyl halides is 3. The summed E-state index contributed by atoms with van der Waals surface area (Å²) >= 11 is 0.